The van der Waals surface area contributed by atoms with Crippen LogP contribution in [0.4, 0.5) is 0 Å². The van der Waals surface area contributed by atoms with Crippen molar-refractivity contribution in [2.24, 2.45) is 11.8 Å². The molecule has 2 fully saturated rings. The van der Waals surface area contributed by atoms with E-state index in [-0.39, 0.29) is 17.7 Å². The molecular formula is C15H26N2O3. The van der Waals surface area contributed by atoms with E-state index in [0.29, 0.717) is 26.2 Å². The molecule has 1 atom stereocenters. The number of rotatable bonds is 4. The van der Waals surface area contributed by atoms with E-state index in [9.17, 15) is 9.59 Å². The molecule has 2 aliphatic rings. The number of hydrogen-bond donors (Lipinski definition) is 1. The van der Waals surface area contributed by atoms with Crippen LogP contribution in [0, 0.1) is 11.8 Å². The Bertz CT molecular complexity index is 345. The number of aliphatic hydroxyl groups is 1. The standard InChI is InChI=1S/C15H26N2O3/c1-12(10-13-4-2-3-5-13)15(20)17-8-6-16(7-9-17)14(19)11-18/h12-13,18H,2-11H2,1H3. The fourth-order valence-electron chi connectivity index (χ4n) is 3.43. The van der Waals surface area contributed by atoms with Gasteiger partial charge in [-0.25, -0.2) is 0 Å². The number of aliphatic hydroxyl groups excluding tert-OH is 1. The zero-order valence-electron chi connectivity index (χ0n) is 12.4. The predicted molar refractivity (Wildman–Crippen MR) is 76.0 cm³/mol. The third kappa shape index (κ3) is 3.72. The summed E-state index contributed by atoms with van der Waals surface area (Å²) in [4.78, 5) is 27.3. The maximum atomic E-state index is 12.4. The van der Waals surface area contributed by atoms with Crippen LogP contribution in [0.15, 0.2) is 0 Å². The molecule has 1 heterocycles. The van der Waals surface area contributed by atoms with Gasteiger partial charge in [0.2, 0.25) is 11.8 Å². The first-order valence-corrected chi connectivity index (χ1v) is 7.79. The number of amides is 2. The molecule has 0 aromatic heterocycles. The normalized spacial score (nSPS) is 22.1. The molecule has 1 N–H and O–H groups in total. The van der Waals surface area contributed by atoms with Gasteiger partial charge in [0.1, 0.15) is 6.61 Å². The van der Waals surface area contributed by atoms with Crippen molar-refractivity contribution in [1.82, 2.24) is 9.80 Å². The van der Waals surface area contributed by atoms with Crippen molar-refractivity contribution < 1.29 is 14.7 Å². The molecule has 2 amide bonds. The topological polar surface area (TPSA) is 60.9 Å². The van der Waals surface area contributed by atoms with Crippen molar-refractivity contribution in [2.75, 3.05) is 32.8 Å². The van der Waals surface area contributed by atoms with Crippen LogP contribution in [-0.2, 0) is 9.59 Å². The fraction of sp³-hybridized carbons (Fsp3) is 0.867. The van der Waals surface area contributed by atoms with Crippen LogP contribution in [0.1, 0.15) is 39.0 Å². The Kier molecular flexibility index (Phi) is 5.40. The van der Waals surface area contributed by atoms with E-state index in [1.165, 1.54) is 25.7 Å². The lowest BCUT2D eigenvalue weighted by atomic mass is 9.93. The van der Waals surface area contributed by atoms with Crippen LogP contribution in [-0.4, -0.2) is 59.5 Å². The van der Waals surface area contributed by atoms with Gasteiger partial charge < -0.3 is 14.9 Å². The molecule has 1 aliphatic carbocycles. The van der Waals surface area contributed by atoms with Crippen molar-refractivity contribution in [1.29, 1.82) is 0 Å². The molecule has 2 rings (SSSR count). The van der Waals surface area contributed by atoms with E-state index in [2.05, 4.69) is 0 Å². The van der Waals surface area contributed by atoms with Crippen LogP contribution >= 0.6 is 0 Å². The van der Waals surface area contributed by atoms with E-state index in [1.54, 1.807) is 4.90 Å². The summed E-state index contributed by atoms with van der Waals surface area (Å²) < 4.78 is 0. The summed E-state index contributed by atoms with van der Waals surface area (Å²) in [6.07, 6.45) is 6.18. The zero-order valence-corrected chi connectivity index (χ0v) is 12.4. The number of carbonyl (C=O) groups is 2. The molecular weight excluding hydrogens is 256 g/mol. The monoisotopic (exact) mass is 282 g/mol. The van der Waals surface area contributed by atoms with Crippen LogP contribution in [0.2, 0.25) is 0 Å². The molecule has 0 spiro atoms. The highest BCUT2D eigenvalue weighted by Gasteiger charge is 2.28. The minimum absolute atomic E-state index is 0.0955. The Hall–Kier alpha value is -1.10. The van der Waals surface area contributed by atoms with Gasteiger partial charge in [-0.2, -0.15) is 0 Å². The maximum Gasteiger partial charge on any atom is 0.248 e. The van der Waals surface area contributed by atoms with Gasteiger partial charge in [0.05, 0.1) is 0 Å². The zero-order chi connectivity index (χ0) is 14.5. The Balaban J connectivity index is 1.77. The fourth-order valence-corrected chi connectivity index (χ4v) is 3.43. The lowest BCUT2D eigenvalue weighted by Crippen LogP contribution is -2.52. The van der Waals surface area contributed by atoms with Crippen molar-refractivity contribution in [2.45, 2.75) is 39.0 Å². The van der Waals surface area contributed by atoms with Crippen molar-refractivity contribution in [3.8, 4) is 0 Å². The minimum atomic E-state index is -0.438. The molecule has 114 valence electrons. The molecule has 5 nitrogen and oxygen atoms in total. The lowest BCUT2D eigenvalue weighted by molar-refractivity contribution is -0.143. The molecule has 20 heavy (non-hydrogen) atoms. The molecule has 1 unspecified atom stereocenters. The van der Waals surface area contributed by atoms with E-state index in [4.69, 9.17) is 5.11 Å². The van der Waals surface area contributed by atoms with Crippen molar-refractivity contribution in [3.05, 3.63) is 0 Å². The molecule has 5 heteroatoms. The quantitative estimate of drug-likeness (QED) is 0.832. The summed E-state index contributed by atoms with van der Waals surface area (Å²) in [6.45, 7) is 3.87. The summed E-state index contributed by atoms with van der Waals surface area (Å²) in [5, 5.41) is 8.84. The van der Waals surface area contributed by atoms with Crippen molar-refractivity contribution >= 4 is 11.8 Å². The smallest absolute Gasteiger partial charge is 0.248 e. The van der Waals surface area contributed by atoms with Gasteiger partial charge in [0.15, 0.2) is 0 Å². The minimum Gasteiger partial charge on any atom is -0.387 e. The third-order valence-electron chi connectivity index (χ3n) is 4.66. The Morgan fingerprint density at radius 2 is 1.65 bits per heavy atom. The molecule has 0 aromatic rings. The summed E-state index contributed by atoms with van der Waals surface area (Å²) in [5.41, 5.74) is 0. The summed E-state index contributed by atoms with van der Waals surface area (Å²) in [7, 11) is 0. The van der Waals surface area contributed by atoms with Gasteiger partial charge >= 0.3 is 0 Å². The second-order valence-corrected chi connectivity index (χ2v) is 6.15. The van der Waals surface area contributed by atoms with Gasteiger partial charge in [0, 0.05) is 32.1 Å². The lowest BCUT2D eigenvalue weighted by Gasteiger charge is -2.36. The average Bonchev–Trinajstić information content (AvgIpc) is 2.98. The molecule has 1 aliphatic heterocycles. The number of hydrogen-bond acceptors (Lipinski definition) is 3. The second-order valence-electron chi connectivity index (χ2n) is 6.15. The van der Waals surface area contributed by atoms with Gasteiger partial charge in [-0.05, 0) is 12.3 Å². The highest BCUT2D eigenvalue weighted by molar-refractivity contribution is 5.80. The third-order valence-corrected chi connectivity index (χ3v) is 4.66. The molecule has 0 bridgehead atoms. The number of nitrogens with zero attached hydrogens (tertiary/aromatic N) is 2. The molecule has 1 saturated heterocycles. The van der Waals surface area contributed by atoms with Gasteiger partial charge in [-0.3, -0.25) is 9.59 Å². The SMILES string of the molecule is CC(CC1CCCC1)C(=O)N1CCN(C(=O)CO)CC1. The number of piperazine rings is 1. The van der Waals surface area contributed by atoms with E-state index in [0.717, 1.165) is 12.3 Å². The van der Waals surface area contributed by atoms with E-state index < -0.39 is 6.61 Å². The molecule has 0 aromatic carbocycles. The van der Waals surface area contributed by atoms with Crippen LogP contribution in [0.3, 0.4) is 0 Å². The van der Waals surface area contributed by atoms with E-state index >= 15 is 0 Å². The van der Waals surface area contributed by atoms with Gasteiger partial charge in [-0.15, -0.1) is 0 Å². The molecule has 0 radical (unpaired) electrons. The molecule has 1 saturated carbocycles. The van der Waals surface area contributed by atoms with Crippen molar-refractivity contribution in [3.63, 3.8) is 0 Å². The van der Waals surface area contributed by atoms with Gasteiger partial charge in [0.25, 0.3) is 0 Å². The Labute approximate surface area is 120 Å². The van der Waals surface area contributed by atoms with Crippen LogP contribution < -0.4 is 0 Å². The van der Waals surface area contributed by atoms with Crippen LogP contribution in [0.25, 0.3) is 0 Å². The highest BCUT2D eigenvalue weighted by atomic mass is 16.3. The predicted octanol–water partition coefficient (Wildman–Crippen LogP) is 0.866. The van der Waals surface area contributed by atoms with Crippen LogP contribution in [0.5, 0.6) is 0 Å². The second kappa shape index (κ2) is 7.07. The first-order valence-electron chi connectivity index (χ1n) is 7.79. The summed E-state index contributed by atoms with van der Waals surface area (Å²) in [6, 6.07) is 0. The summed E-state index contributed by atoms with van der Waals surface area (Å²) >= 11 is 0. The first kappa shape index (κ1) is 15.3. The highest BCUT2D eigenvalue weighted by Crippen LogP contribution is 2.30. The average molecular weight is 282 g/mol. The Morgan fingerprint density at radius 3 is 2.20 bits per heavy atom. The summed E-state index contributed by atoms with van der Waals surface area (Å²) in [5.74, 6) is 0.813. The van der Waals surface area contributed by atoms with Gasteiger partial charge in [-0.1, -0.05) is 32.6 Å². The largest absolute Gasteiger partial charge is 0.387 e. The number of carbonyl (C=O) groups excluding carboxylic acids is 2. The first-order chi connectivity index (χ1) is 9.61. The van der Waals surface area contributed by atoms with E-state index in [1.807, 2.05) is 11.8 Å². The Morgan fingerprint density at radius 1 is 1.10 bits per heavy atom. The maximum absolute atomic E-state index is 12.4.